The first-order chi connectivity index (χ1) is 13.1. The van der Waals surface area contributed by atoms with E-state index in [2.05, 4.69) is 36.0 Å². The third-order valence-electron chi connectivity index (χ3n) is 4.95. The van der Waals surface area contributed by atoms with Crippen molar-refractivity contribution in [3.63, 3.8) is 0 Å². The molecule has 1 saturated carbocycles. The molecule has 0 aliphatic heterocycles. The van der Waals surface area contributed by atoms with Crippen molar-refractivity contribution < 1.29 is 4.74 Å². The molecule has 6 nitrogen and oxygen atoms in total. The van der Waals surface area contributed by atoms with Gasteiger partial charge in [-0.2, -0.15) is 9.36 Å². The Morgan fingerprint density at radius 3 is 2.70 bits per heavy atom. The quantitative estimate of drug-likeness (QED) is 0.665. The van der Waals surface area contributed by atoms with Crippen LogP contribution in [-0.2, 0) is 20.1 Å². The number of aromatic nitrogens is 4. The molecule has 1 aromatic heterocycles. The second-order valence-corrected chi connectivity index (χ2v) is 7.37. The lowest BCUT2D eigenvalue weighted by Crippen LogP contribution is -2.23. The number of rotatable bonds is 6. The van der Waals surface area contributed by atoms with E-state index in [1.165, 1.54) is 27.8 Å². The normalized spacial score (nSPS) is 13.7. The molecule has 0 N–H and O–H groups in total. The molecule has 140 valence electrons. The van der Waals surface area contributed by atoms with Gasteiger partial charge in [-0.15, -0.1) is 12.6 Å². The maximum Gasteiger partial charge on any atom is 0.368 e. The van der Waals surface area contributed by atoms with Crippen molar-refractivity contribution >= 4 is 12.6 Å². The highest BCUT2D eigenvalue weighted by atomic mass is 32.1. The van der Waals surface area contributed by atoms with Crippen LogP contribution in [0.15, 0.2) is 46.1 Å². The molecule has 1 heterocycles. The molecule has 27 heavy (non-hydrogen) atoms. The van der Waals surface area contributed by atoms with Crippen LogP contribution in [0.25, 0.3) is 5.69 Å². The minimum absolute atomic E-state index is 0.266. The molecular formula is C20H22N4O2S. The Labute approximate surface area is 163 Å². The molecule has 2 aromatic carbocycles. The standard InChI is InChI=1S/C20H22N4O2S/c1-3-13-11-15(27)9-10-19(13)26-12-17-16(14-7-8-14)5-4-6-18(17)24-20(25)23(2)21-22-24/h4-6,9-11,14,27H,3,7-8,12H2,1-2H3. The number of ether oxygens (including phenoxy) is 1. The Hall–Kier alpha value is -2.54. The molecule has 3 aromatic rings. The summed E-state index contributed by atoms with van der Waals surface area (Å²) in [4.78, 5) is 13.3. The fourth-order valence-electron chi connectivity index (χ4n) is 3.32. The Kier molecular flexibility index (Phi) is 4.78. The molecule has 0 bridgehead atoms. The molecule has 4 rings (SSSR count). The Bertz CT molecular complexity index is 1040. The highest BCUT2D eigenvalue weighted by Gasteiger charge is 2.28. The van der Waals surface area contributed by atoms with Gasteiger partial charge in [0.25, 0.3) is 0 Å². The van der Waals surface area contributed by atoms with Crippen LogP contribution < -0.4 is 10.4 Å². The van der Waals surface area contributed by atoms with Gasteiger partial charge < -0.3 is 4.74 Å². The van der Waals surface area contributed by atoms with Gasteiger partial charge in [-0.1, -0.05) is 19.1 Å². The monoisotopic (exact) mass is 382 g/mol. The maximum absolute atomic E-state index is 12.4. The van der Waals surface area contributed by atoms with Gasteiger partial charge in [0.2, 0.25) is 0 Å². The van der Waals surface area contributed by atoms with Crippen LogP contribution in [0.3, 0.4) is 0 Å². The van der Waals surface area contributed by atoms with Crippen molar-refractivity contribution in [1.29, 1.82) is 0 Å². The summed E-state index contributed by atoms with van der Waals surface area (Å²) in [6.07, 6.45) is 3.20. The summed E-state index contributed by atoms with van der Waals surface area (Å²) < 4.78 is 8.77. The fraction of sp³-hybridized carbons (Fsp3) is 0.350. The predicted molar refractivity (Wildman–Crippen MR) is 106 cm³/mol. The Morgan fingerprint density at radius 1 is 1.22 bits per heavy atom. The van der Waals surface area contributed by atoms with Gasteiger partial charge in [0.05, 0.1) is 5.69 Å². The zero-order valence-corrected chi connectivity index (χ0v) is 16.3. The van der Waals surface area contributed by atoms with E-state index in [4.69, 9.17) is 4.74 Å². The number of benzene rings is 2. The minimum atomic E-state index is -0.266. The summed E-state index contributed by atoms with van der Waals surface area (Å²) in [5, 5.41) is 7.87. The van der Waals surface area contributed by atoms with E-state index in [9.17, 15) is 4.79 Å². The van der Waals surface area contributed by atoms with Crippen LogP contribution in [-0.4, -0.2) is 19.8 Å². The van der Waals surface area contributed by atoms with E-state index in [0.29, 0.717) is 12.5 Å². The third-order valence-corrected chi connectivity index (χ3v) is 5.23. The van der Waals surface area contributed by atoms with Crippen molar-refractivity contribution in [1.82, 2.24) is 19.8 Å². The second kappa shape index (κ2) is 7.23. The van der Waals surface area contributed by atoms with E-state index in [0.717, 1.165) is 33.9 Å². The van der Waals surface area contributed by atoms with Crippen molar-refractivity contribution in [2.75, 3.05) is 0 Å². The van der Waals surface area contributed by atoms with Gasteiger partial charge in [-0.3, -0.25) is 0 Å². The van der Waals surface area contributed by atoms with Crippen LogP contribution in [0.5, 0.6) is 5.75 Å². The number of hydrogen-bond donors (Lipinski definition) is 1. The lowest BCUT2D eigenvalue weighted by Gasteiger charge is -2.16. The van der Waals surface area contributed by atoms with Gasteiger partial charge in [-0.25, -0.2) is 4.79 Å². The highest BCUT2D eigenvalue weighted by molar-refractivity contribution is 7.80. The SMILES string of the molecule is CCc1cc(S)ccc1OCc1c(C2CC2)cccc1-n1nnn(C)c1=O. The van der Waals surface area contributed by atoms with Gasteiger partial charge in [0.15, 0.2) is 0 Å². The van der Waals surface area contributed by atoms with E-state index in [1.807, 2.05) is 30.3 Å². The fourth-order valence-corrected chi connectivity index (χ4v) is 3.55. The van der Waals surface area contributed by atoms with Crippen LogP contribution in [0.2, 0.25) is 0 Å². The largest absolute Gasteiger partial charge is 0.489 e. The molecule has 0 radical (unpaired) electrons. The third kappa shape index (κ3) is 3.51. The average Bonchev–Trinajstić information content (AvgIpc) is 3.47. The number of nitrogens with zero attached hydrogens (tertiary/aromatic N) is 4. The number of aryl methyl sites for hydroxylation is 2. The molecule has 0 spiro atoms. The molecule has 0 saturated heterocycles. The van der Waals surface area contributed by atoms with Crippen LogP contribution in [0.4, 0.5) is 0 Å². The van der Waals surface area contributed by atoms with Crippen LogP contribution >= 0.6 is 12.6 Å². The van der Waals surface area contributed by atoms with Crippen LogP contribution in [0, 0.1) is 0 Å². The predicted octanol–water partition coefficient (Wildman–Crippen LogP) is 3.27. The maximum atomic E-state index is 12.4. The van der Waals surface area contributed by atoms with Gasteiger partial charge in [0.1, 0.15) is 12.4 Å². The van der Waals surface area contributed by atoms with E-state index in [1.54, 1.807) is 7.05 Å². The van der Waals surface area contributed by atoms with Crippen molar-refractivity contribution in [3.05, 3.63) is 63.6 Å². The van der Waals surface area contributed by atoms with E-state index in [-0.39, 0.29) is 5.69 Å². The first-order valence-corrected chi connectivity index (χ1v) is 9.59. The highest BCUT2D eigenvalue weighted by Crippen LogP contribution is 2.43. The van der Waals surface area contributed by atoms with Crippen molar-refractivity contribution in [2.45, 2.75) is 43.6 Å². The molecule has 0 amide bonds. The molecule has 1 aliphatic carbocycles. The summed E-state index contributed by atoms with van der Waals surface area (Å²) in [6, 6.07) is 11.9. The van der Waals surface area contributed by atoms with Gasteiger partial charge in [0, 0.05) is 17.5 Å². The average molecular weight is 382 g/mol. The molecule has 0 atom stereocenters. The molecule has 1 fully saturated rings. The van der Waals surface area contributed by atoms with Gasteiger partial charge in [-0.05, 0) is 71.0 Å². The second-order valence-electron chi connectivity index (χ2n) is 6.85. The number of thiol groups is 1. The summed E-state index contributed by atoms with van der Waals surface area (Å²) in [7, 11) is 1.60. The zero-order chi connectivity index (χ0) is 19.0. The first kappa shape index (κ1) is 17.9. The summed E-state index contributed by atoms with van der Waals surface area (Å²) >= 11 is 4.41. The summed E-state index contributed by atoms with van der Waals surface area (Å²) in [5.41, 5.74) is 3.82. The van der Waals surface area contributed by atoms with E-state index < -0.39 is 0 Å². The first-order valence-electron chi connectivity index (χ1n) is 9.14. The number of tetrazole rings is 1. The molecule has 0 unspecified atom stereocenters. The zero-order valence-electron chi connectivity index (χ0n) is 15.4. The lowest BCUT2D eigenvalue weighted by molar-refractivity contribution is 0.301. The van der Waals surface area contributed by atoms with Gasteiger partial charge >= 0.3 is 5.69 Å². The minimum Gasteiger partial charge on any atom is -0.489 e. The Morgan fingerprint density at radius 2 is 2.04 bits per heavy atom. The van der Waals surface area contributed by atoms with Crippen LogP contribution in [0.1, 0.15) is 42.4 Å². The lowest BCUT2D eigenvalue weighted by atomic mass is 10.0. The Balaban J connectivity index is 1.73. The topological polar surface area (TPSA) is 61.9 Å². The molecule has 7 heteroatoms. The molecular weight excluding hydrogens is 360 g/mol. The summed E-state index contributed by atoms with van der Waals surface area (Å²) in [5.74, 6) is 1.37. The molecule has 1 aliphatic rings. The summed E-state index contributed by atoms with van der Waals surface area (Å²) in [6.45, 7) is 2.47. The van der Waals surface area contributed by atoms with E-state index >= 15 is 0 Å². The number of hydrogen-bond acceptors (Lipinski definition) is 5. The smallest absolute Gasteiger partial charge is 0.368 e. The van der Waals surface area contributed by atoms with Crippen molar-refractivity contribution in [2.24, 2.45) is 7.05 Å². The van der Waals surface area contributed by atoms with Crippen molar-refractivity contribution in [3.8, 4) is 11.4 Å².